The van der Waals surface area contributed by atoms with Gasteiger partial charge in [0.05, 0.1) is 22.3 Å². The molecule has 3 atom stereocenters. The molecule has 0 spiro atoms. The normalized spacial score (nSPS) is 20.3. The number of fused-ring (bicyclic) bond motifs is 1. The van der Waals surface area contributed by atoms with E-state index in [1.807, 2.05) is 0 Å². The molecular weight excluding hydrogens is 461 g/mol. The van der Waals surface area contributed by atoms with Crippen molar-refractivity contribution in [1.29, 1.82) is 5.26 Å². The van der Waals surface area contributed by atoms with Crippen LogP contribution in [0.1, 0.15) is 68.3 Å². The van der Waals surface area contributed by atoms with Gasteiger partial charge in [0.15, 0.2) is 5.78 Å². The smallest absolute Gasteiger partial charge is 0.224 e. The fourth-order valence-corrected chi connectivity index (χ4v) is 5.27. The number of nitrogens with zero attached hydrogens (tertiary/aromatic N) is 1. The van der Waals surface area contributed by atoms with E-state index in [-0.39, 0.29) is 29.8 Å². The lowest BCUT2D eigenvalue weighted by Gasteiger charge is -2.24. The minimum atomic E-state index is -0.727. The van der Waals surface area contributed by atoms with Crippen molar-refractivity contribution < 1.29 is 14.4 Å². The van der Waals surface area contributed by atoms with Gasteiger partial charge < -0.3 is 10.3 Å². The highest BCUT2D eigenvalue weighted by Gasteiger charge is 2.33. The first kappa shape index (κ1) is 23.8. The molecule has 1 amide bonds. The molecular formula is C25H27Cl2N3O3. The minimum absolute atomic E-state index is 0.0427. The summed E-state index contributed by atoms with van der Waals surface area (Å²) in [4.78, 5) is 41.3. The number of rotatable bonds is 9. The Bertz CT molecular complexity index is 1120. The summed E-state index contributed by atoms with van der Waals surface area (Å²) in [6.45, 7) is 0. The zero-order valence-corrected chi connectivity index (χ0v) is 19.8. The van der Waals surface area contributed by atoms with Crippen molar-refractivity contribution in [3.63, 3.8) is 0 Å². The number of aromatic nitrogens is 1. The summed E-state index contributed by atoms with van der Waals surface area (Å²) < 4.78 is 0. The molecule has 1 aromatic heterocycles. The number of halogens is 2. The van der Waals surface area contributed by atoms with E-state index in [1.54, 1.807) is 18.2 Å². The van der Waals surface area contributed by atoms with Crippen LogP contribution in [0.3, 0.4) is 0 Å². The van der Waals surface area contributed by atoms with Gasteiger partial charge in [0.2, 0.25) is 5.91 Å². The fourth-order valence-electron chi connectivity index (χ4n) is 4.71. The van der Waals surface area contributed by atoms with E-state index in [9.17, 15) is 19.6 Å². The van der Waals surface area contributed by atoms with E-state index in [4.69, 9.17) is 23.2 Å². The van der Waals surface area contributed by atoms with Crippen LogP contribution in [0.4, 0.5) is 0 Å². The number of amides is 1. The molecule has 0 bridgehead atoms. The molecule has 2 fully saturated rings. The Morgan fingerprint density at radius 3 is 2.64 bits per heavy atom. The van der Waals surface area contributed by atoms with Crippen molar-refractivity contribution >= 4 is 51.6 Å². The summed E-state index contributed by atoms with van der Waals surface area (Å²) in [7, 11) is 0. The Morgan fingerprint density at radius 1 is 1.15 bits per heavy atom. The summed E-state index contributed by atoms with van der Waals surface area (Å²) in [5, 5.41) is 14.0. The van der Waals surface area contributed by atoms with Crippen LogP contribution in [0.25, 0.3) is 10.9 Å². The molecule has 2 aliphatic carbocycles. The molecule has 2 aromatic rings. The van der Waals surface area contributed by atoms with E-state index >= 15 is 0 Å². The predicted molar refractivity (Wildman–Crippen MR) is 127 cm³/mol. The topological polar surface area (TPSA) is 103 Å². The Balaban J connectivity index is 1.44. The maximum atomic E-state index is 13.1. The highest BCUT2D eigenvalue weighted by molar-refractivity contribution is 6.38. The summed E-state index contributed by atoms with van der Waals surface area (Å²) in [6, 6.07) is 6.45. The van der Waals surface area contributed by atoms with Gasteiger partial charge in [-0.1, -0.05) is 42.5 Å². The van der Waals surface area contributed by atoms with E-state index < -0.39 is 12.0 Å². The first-order chi connectivity index (χ1) is 15.8. The first-order valence-electron chi connectivity index (χ1n) is 11.6. The molecule has 2 N–H and O–H groups in total. The highest BCUT2D eigenvalue weighted by atomic mass is 35.5. The van der Waals surface area contributed by atoms with Crippen molar-refractivity contribution in [2.45, 2.75) is 63.8 Å². The number of carbonyl (C=O) groups excluding carboxylic acids is 3. The third kappa shape index (κ3) is 5.96. The van der Waals surface area contributed by atoms with Crippen molar-refractivity contribution in [1.82, 2.24) is 10.3 Å². The lowest BCUT2D eigenvalue weighted by atomic mass is 9.83. The molecule has 33 heavy (non-hydrogen) atoms. The molecule has 6 nitrogen and oxygen atoms in total. The van der Waals surface area contributed by atoms with Gasteiger partial charge in [-0.3, -0.25) is 14.4 Å². The Labute approximate surface area is 203 Å². The van der Waals surface area contributed by atoms with Gasteiger partial charge in [0, 0.05) is 35.1 Å². The van der Waals surface area contributed by atoms with Crippen LogP contribution in [0.15, 0.2) is 18.2 Å². The maximum absolute atomic E-state index is 13.1. The average Bonchev–Trinajstić information content (AvgIpc) is 3.49. The average molecular weight is 488 g/mol. The predicted octanol–water partition coefficient (Wildman–Crippen LogP) is 5.62. The number of aromatic amines is 1. The SMILES string of the molecule is N#C[C@H](C[C@@H]1CCCCC1=O)NC(=O)[C@@H](CC(=O)c1cc2cc(Cl)cc(Cl)c2[nH]1)CC1CC1. The molecule has 174 valence electrons. The van der Waals surface area contributed by atoms with Crippen LogP contribution in [0, 0.1) is 29.1 Å². The third-order valence-electron chi connectivity index (χ3n) is 6.74. The molecule has 0 radical (unpaired) electrons. The molecule has 4 rings (SSSR count). The Kier molecular flexibility index (Phi) is 7.41. The molecule has 2 saturated carbocycles. The van der Waals surface area contributed by atoms with Gasteiger partial charge in [-0.05, 0) is 49.8 Å². The van der Waals surface area contributed by atoms with E-state index in [2.05, 4.69) is 16.4 Å². The highest BCUT2D eigenvalue weighted by Crippen LogP contribution is 2.37. The summed E-state index contributed by atoms with van der Waals surface area (Å²) >= 11 is 12.3. The molecule has 1 aromatic carbocycles. The lowest BCUT2D eigenvalue weighted by molar-refractivity contribution is -0.127. The zero-order valence-electron chi connectivity index (χ0n) is 18.3. The number of hydrogen-bond donors (Lipinski definition) is 2. The summed E-state index contributed by atoms with van der Waals surface area (Å²) in [5.74, 6) is -0.552. The second kappa shape index (κ2) is 10.3. The number of hydrogen-bond acceptors (Lipinski definition) is 4. The number of ketones is 2. The first-order valence-corrected chi connectivity index (χ1v) is 12.3. The van der Waals surface area contributed by atoms with Gasteiger partial charge >= 0.3 is 0 Å². The summed E-state index contributed by atoms with van der Waals surface area (Å²) in [6.07, 6.45) is 6.29. The van der Waals surface area contributed by atoms with Crippen molar-refractivity contribution in [3.05, 3.63) is 33.9 Å². The largest absolute Gasteiger partial charge is 0.351 e. The van der Waals surface area contributed by atoms with Crippen molar-refractivity contribution in [2.24, 2.45) is 17.8 Å². The number of benzene rings is 1. The molecule has 2 aliphatic rings. The second-order valence-corrected chi connectivity index (χ2v) is 10.2. The van der Waals surface area contributed by atoms with Crippen LogP contribution in [0.2, 0.25) is 10.0 Å². The number of carbonyl (C=O) groups is 3. The quantitative estimate of drug-likeness (QED) is 0.447. The van der Waals surface area contributed by atoms with Crippen LogP contribution >= 0.6 is 23.2 Å². The third-order valence-corrected chi connectivity index (χ3v) is 7.25. The van der Waals surface area contributed by atoms with Crippen LogP contribution < -0.4 is 5.32 Å². The van der Waals surface area contributed by atoms with Crippen LogP contribution in [-0.2, 0) is 9.59 Å². The second-order valence-electron chi connectivity index (χ2n) is 9.37. The number of nitriles is 1. The van der Waals surface area contributed by atoms with Gasteiger partial charge in [-0.15, -0.1) is 0 Å². The molecule has 8 heteroatoms. The lowest BCUT2D eigenvalue weighted by Crippen LogP contribution is -2.41. The zero-order chi connectivity index (χ0) is 23.5. The van der Waals surface area contributed by atoms with E-state index in [0.717, 1.165) is 37.5 Å². The van der Waals surface area contributed by atoms with E-state index in [1.165, 1.54) is 0 Å². The van der Waals surface area contributed by atoms with Crippen molar-refractivity contribution in [3.8, 4) is 6.07 Å². The standard InChI is InChI=1S/C25H27Cl2N3O3/c26-18-8-16-10-21(30-24(16)20(27)12-18)23(32)11-17(7-14-5-6-14)25(33)29-19(13-28)9-15-3-1-2-4-22(15)31/h8,10,12,14-15,17,19,30H,1-7,9,11H2,(H,29,33)/t15-,17+,19-/m0/s1. The number of Topliss-reactive ketones (excluding diaryl/α,β-unsaturated/α-hetero) is 2. The molecule has 0 aliphatic heterocycles. The maximum Gasteiger partial charge on any atom is 0.224 e. The molecule has 1 heterocycles. The van der Waals surface area contributed by atoms with Crippen LogP contribution in [-0.4, -0.2) is 28.5 Å². The molecule has 0 saturated heterocycles. The van der Waals surface area contributed by atoms with Gasteiger partial charge in [0.1, 0.15) is 11.8 Å². The Morgan fingerprint density at radius 2 is 1.94 bits per heavy atom. The van der Waals surface area contributed by atoms with Gasteiger partial charge in [0.25, 0.3) is 0 Å². The minimum Gasteiger partial charge on any atom is -0.351 e. The van der Waals surface area contributed by atoms with Crippen molar-refractivity contribution in [2.75, 3.05) is 0 Å². The van der Waals surface area contributed by atoms with Gasteiger partial charge in [-0.25, -0.2) is 0 Å². The number of nitrogens with one attached hydrogen (secondary N) is 2. The fraction of sp³-hybridized carbons (Fsp3) is 0.520. The molecule has 0 unspecified atom stereocenters. The number of H-pyrrole nitrogens is 1. The van der Waals surface area contributed by atoms with Crippen LogP contribution in [0.5, 0.6) is 0 Å². The Hall–Kier alpha value is -2.36. The van der Waals surface area contributed by atoms with Gasteiger partial charge in [-0.2, -0.15) is 5.26 Å². The van der Waals surface area contributed by atoms with E-state index in [0.29, 0.717) is 46.4 Å². The summed E-state index contributed by atoms with van der Waals surface area (Å²) in [5.41, 5.74) is 1.02. The monoisotopic (exact) mass is 487 g/mol.